The number of rotatable bonds is 6. The van der Waals surface area contributed by atoms with Crippen molar-refractivity contribution in [3.05, 3.63) is 29.8 Å². The first-order chi connectivity index (χ1) is 8.60. The van der Waals surface area contributed by atoms with Gasteiger partial charge in [-0.3, -0.25) is 4.79 Å². The smallest absolute Gasteiger partial charge is 0.260 e. The van der Waals surface area contributed by atoms with Gasteiger partial charge in [0.15, 0.2) is 6.61 Å². The Kier molecular flexibility index (Phi) is 5.65. The summed E-state index contributed by atoms with van der Waals surface area (Å²) in [7, 11) is 0. The van der Waals surface area contributed by atoms with Gasteiger partial charge in [-0.2, -0.15) is 0 Å². The zero-order chi connectivity index (χ0) is 13.5. The van der Waals surface area contributed by atoms with Crippen molar-refractivity contribution < 1.29 is 9.53 Å². The van der Waals surface area contributed by atoms with Crippen molar-refractivity contribution in [3.63, 3.8) is 0 Å². The Hall–Kier alpha value is -1.55. The summed E-state index contributed by atoms with van der Waals surface area (Å²) in [6.07, 6.45) is 0. The molecule has 1 amide bonds. The van der Waals surface area contributed by atoms with Gasteiger partial charge in [0, 0.05) is 24.7 Å². The molecule has 100 valence electrons. The van der Waals surface area contributed by atoms with E-state index in [1.54, 1.807) is 4.90 Å². The molecular formula is C14H22N2O2. The highest BCUT2D eigenvalue weighted by Crippen LogP contribution is 2.23. The highest BCUT2D eigenvalue weighted by molar-refractivity contribution is 5.77. The predicted molar refractivity (Wildman–Crippen MR) is 72.5 cm³/mol. The number of benzene rings is 1. The quantitative estimate of drug-likeness (QED) is 0.839. The molecule has 18 heavy (non-hydrogen) atoms. The van der Waals surface area contributed by atoms with Crippen molar-refractivity contribution >= 4 is 5.91 Å². The average molecular weight is 250 g/mol. The summed E-state index contributed by atoms with van der Waals surface area (Å²) >= 11 is 0. The Morgan fingerprint density at radius 3 is 2.50 bits per heavy atom. The average Bonchev–Trinajstić information content (AvgIpc) is 2.38. The maximum Gasteiger partial charge on any atom is 0.260 e. The Balaban J connectivity index is 2.66. The molecule has 0 aromatic heterocycles. The molecule has 1 rings (SSSR count). The van der Waals surface area contributed by atoms with Gasteiger partial charge in [-0.15, -0.1) is 0 Å². The predicted octanol–water partition coefficient (Wildman–Crippen LogP) is 1.95. The molecule has 0 radical (unpaired) electrons. The molecule has 2 N–H and O–H groups in total. The van der Waals surface area contributed by atoms with Crippen molar-refractivity contribution in [2.75, 3.05) is 19.7 Å². The highest BCUT2D eigenvalue weighted by atomic mass is 16.5. The first-order valence-electron chi connectivity index (χ1n) is 6.35. The van der Waals surface area contributed by atoms with Crippen LogP contribution < -0.4 is 10.5 Å². The van der Waals surface area contributed by atoms with E-state index in [9.17, 15) is 4.79 Å². The Bertz CT molecular complexity index is 387. The third kappa shape index (κ3) is 3.74. The fourth-order valence-corrected chi connectivity index (χ4v) is 1.80. The Morgan fingerprint density at radius 2 is 1.94 bits per heavy atom. The van der Waals surface area contributed by atoms with E-state index in [1.165, 1.54) is 0 Å². The molecule has 0 aliphatic carbocycles. The Morgan fingerprint density at radius 1 is 1.33 bits per heavy atom. The van der Waals surface area contributed by atoms with Crippen LogP contribution >= 0.6 is 0 Å². The van der Waals surface area contributed by atoms with Crippen LogP contribution in [-0.2, 0) is 4.79 Å². The molecule has 0 heterocycles. The summed E-state index contributed by atoms with van der Waals surface area (Å²) in [5, 5.41) is 0. The third-order valence-electron chi connectivity index (χ3n) is 2.88. The van der Waals surface area contributed by atoms with E-state index in [2.05, 4.69) is 0 Å². The second kappa shape index (κ2) is 7.01. The lowest BCUT2D eigenvalue weighted by Crippen LogP contribution is -2.34. The van der Waals surface area contributed by atoms with Gasteiger partial charge in [-0.05, 0) is 26.8 Å². The normalized spacial score (nSPS) is 12.0. The van der Waals surface area contributed by atoms with Crippen molar-refractivity contribution in [1.29, 1.82) is 0 Å². The standard InChI is InChI=1S/C14H22N2O2/c1-4-16(5-2)14(17)10-18-13-9-7-6-8-12(13)11(3)15/h6-9,11H,4-5,10,15H2,1-3H3/t11-/m1/s1. The van der Waals surface area contributed by atoms with Crippen LogP contribution in [0.3, 0.4) is 0 Å². The minimum Gasteiger partial charge on any atom is -0.483 e. The van der Waals surface area contributed by atoms with E-state index in [4.69, 9.17) is 10.5 Å². The van der Waals surface area contributed by atoms with Gasteiger partial charge in [0.1, 0.15) is 5.75 Å². The van der Waals surface area contributed by atoms with Crippen molar-refractivity contribution in [2.45, 2.75) is 26.8 Å². The van der Waals surface area contributed by atoms with Crippen molar-refractivity contribution in [1.82, 2.24) is 4.90 Å². The van der Waals surface area contributed by atoms with Gasteiger partial charge < -0.3 is 15.4 Å². The molecular weight excluding hydrogens is 228 g/mol. The van der Waals surface area contributed by atoms with Crippen LogP contribution in [0.25, 0.3) is 0 Å². The summed E-state index contributed by atoms with van der Waals surface area (Å²) in [4.78, 5) is 13.6. The number of para-hydroxylation sites is 1. The largest absolute Gasteiger partial charge is 0.483 e. The van der Waals surface area contributed by atoms with Crippen molar-refractivity contribution in [3.8, 4) is 5.75 Å². The molecule has 1 atom stereocenters. The monoisotopic (exact) mass is 250 g/mol. The first kappa shape index (κ1) is 14.5. The molecule has 0 unspecified atom stereocenters. The van der Waals surface area contributed by atoms with E-state index >= 15 is 0 Å². The third-order valence-corrected chi connectivity index (χ3v) is 2.88. The molecule has 0 saturated heterocycles. The van der Waals surface area contributed by atoms with Crippen LogP contribution in [0, 0.1) is 0 Å². The van der Waals surface area contributed by atoms with E-state index in [1.807, 2.05) is 45.0 Å². The van der Waals surface area contributed by atoms with Gasteiger partial charge in [-0.1, -0.05) is 18.2 Å². The lowest BCUT2D eigenvalue weighted by molar-refractivity contribution is -0.132. The van der Waals surface area contributed by atoms with Crippen LogP contribution in [0.2, 0.25) is 0 Å². The SMILES string of the molecule is CCN(CC)C(=O)COc1ccccc1[C@@H](C)N. The van der Waals surface area contributed by atoms with Gasteiger partial charge in [0.2, 0.25) is 0 Å². The molecule has 0 saturated carbocycles. The van der Waals surface area contributed by atoms with Gasteiger partial charge in [-0.25, -0.2) is 0 Å². The molecule has 0 fully saturated rings. The van der Waals surface area contributed by atoms with Gasteiger partial charge >= 0.3 is 0 Å². The summed E-state index contributed by atoms with van der Waals surface area (Å²) in [5.74, 6) is 0.687. The molecule has 4 nitrogen and oxygen atoms in total. The number of hydrogen-bond donors (Lipinski definition) is 1. The minimum atomic E-state index is -0.107. The lowest BCUT2D eigenvalue weighted by Gasteiger charge is -2.19. The summed E-state index contributed by atoms with van der Waals surface area (Å²) in [6.45, 7) is 7.27. The van der Waals surface area contributed by atoms with E-state index in [0.717, 1.165) is 5.56 Å². The molecule has 0 aliphatic heterocycles. The van der Waals surface area contributed by atoms with Crippen molar-refractivity contribution in [2.24, 2.45) is 5.73 Å². The second-order valence-corrected chi connectivity index (χ2v) is 4.18. The van der Waals surface area contributed by atoms with Gasteiger partial charge in [0.25, 0.3) is 5.91 Å². The van der Waals surface area contributed by atoms with Crippen LogP contribution in [0.5, 0.6) is 5.75 Å². The number of nitrogens with zero attached hydrogens (tertiary/aromatic N) is 1. The van der Waals surface area contributed by atoms with E-state index in [0.29, 0.717) is 18.8 Å². The highest BCUT2D eigenvalue weighted by Gasteiger charge is 2.12. The molecule has 1 aromatic carbocycles. The van der Waals surface area contributed by atoms with Gasteiger partial charge in [0.05, 0.1) is 0 Å². The fraction of sp³-hybridized carbons (Fsp3) is 0.500. The fourth-order valence-electron chi connectivity index (χ4n) is 1.80. The molecule has 0 spiro atoms. The number of carbonyl (C=O) groups is 1. The van der Waals surface area contributed by atoms with Crippen LogP contribution in [0.1, 0.15) is 32.4 Å². The van der Waals surface area contributed by atoms with Crippen LogP contribution in [-0.4, -0.2) is 30.5 Å². The topological polar surface area (TPSA) is 55.6 Å². The number of hydrogen-bond acceptors (Lipinski definition) is 3. The van der Waals surface area contributed by atoms with E-state index in [-0.39, 0.29) is 18.6 Å². The second-order valence-electron chi connectivity index (χ2n) is 4.18. The maximum absolute atomic E-state index is 11.8. The maximum atomic E-state index is 11.8. The number of nitrogens with two attached hydrogens (primary N) is 1. The molecule has 0 bridgehead atoms. The zero-order valence-electron chi connectivity index (χ0n) is 11.3. The molecule has 4 heteroatoms. The number of ether oxygens (including phenoxy) is 1. The summed E-state index contributed by atoms with van der Waals surface area (Å²) in [6, 6.07) is 7.45. The minimum absolute atomic E-state index is 0.000484. The van der Waals surface area contributed by atoms with E-state index < -0.39 is 0 Å². The number of likely N-dealkylation sites (N-methyl/N-ethyl adjacent to an activating group) is 1. The van der Waals surface area contributed by atoms with Crippen LogP contribution in [0.4, 0.5) is 0 Å². The van der Waals surface area contributed by atoms with Crippen LogP contribution in [0.15, 0.2) is 24.3 Å². The number of carbonyl (C=O) groups excluding carboxylic acids is 1. The lowest BCUT2D eigenvalue weighted by atomic mass is 10.1. The summed E-state index contributed by atoms with van der Waals surface area (Å²) < 4.78 is 5.57. The molecule has 1 aromatic rings. The number of amides is 1. The summed E-state index contributed by atoms with van der Waals surface area (Å²) in [5.41, 5.74) is 6.78. The zero-order valence-corrected chi connectivity index (χ0v) is 11.3. The first-order valence-corrected chi connectivity index (χ1v) is 6.35. The Labute approximate surface area is 109 Å². The molecule has 0 aliphatic rings.